The van der Waals surface area contributed by atoms with Crippen molar-refractivity contribution >= 4 is 38.9 Å². The molecule has 1 heterocycles. The Labute approximate surface area is 129 Å². The summed E-state index contributed by atoms with van der Waals surface area (Å²) in [4.78, 5) is 5.20. The van der Waals surface area contributed by atoms with E-state index in [0.717, 1.165) is 14.9 Å². The van der Waals surface area contributed by atoms with Gasteiger partial charge in [0.05, 0.1) is 4.88 Å². The molecular formula is C15H9BrClNS. The van der Waals surface area contributed by atoms with Crippen LogP contribution in [0.3, 0.4) is 0 Å². The number of aromatic nitrogens is 1. The maximum absolute atomic E-state index is 5.93. The van der Waals surface area contributed by atoms with E-state index in [1.54, 1.807) is 0 Å². The molecule has 0 aliphatic carbocycles. The van der Waals surface area contributed by atoms with Gasteiger partial charge < -0.3 is 0 Å². The zero-order valence-corrected chi connectivity index (χ0v) is 13.0. The first-order chi connectivity index (χ1) is 9.24. The van der Waals surface area contributed by atoms with E-state index in [1.165, 1.54) is 22.5 Å². The second-order valence-electron chi connectivity index (χ2n) is 4.03. The standard InChI is InChI=1S/C15H9BrClNS/c16-11-7-5-10(6-8-11)12-3-1-2-4-13(12)14-9-18-15(17)19-14/h1-9H. The number of halogens is 2. The molecular weight excluding hydrogens is 342 g/mol. The Morgan fingerprint density at radius 1 is 0.947 bits per heavy atom. The lowest BCUT2D eigenvalue weighted by Gasteiger charge is -2.07. The summed E-state index contributed by atoms with van der Waals surface area (Å²) >= 11 is 10.9. The van der Waals surface area contributed by atoms with Gasteiger partial charge in [0, 0.05) is 16.2 Å². The highest BCUT2D eigenvalue weighted by Gasteiger charge is 2.09. The largest absolute Gasteiger partial charge is 0.233 e. The molecule has 0 spiro atoms. The van der Waals surface area contributed by atoms with Crippen LogP contribution in [0.1, 0.15) is 0 Å². The maximum atomic E-state index is 5.93. The Morgan fingerprint density at radius 3 is 2.26 bits per heavy atom. The van der Waals surface area contributed by atoms with Crippen molar-refractivity contribution in [2.75, 3.05) is 0 Å². The number of rotatable bonds is 2. The highest BCUT2D eigenvalue weighted by molar-refractivity contribution is 9.10. The smallest absolute Gasteiger partial charge is 0.184 e. The Bertz CT molecular complexity index is 706. The quantitative estimate of drug-likeness (QED) is 0.561. The summed E-state index contributed by atoms with van der Waals surface area (Å²) in [6.07, 6.45) is 1.82. The Balaban J connectivity index is 2.14. The first kappa shape index (κ1) is 12.9. The van der Waals surface area contributed by atoms with Crippen molar-refractivity contribution < 1.29 is 0 Å². The van der Waals surface area contributed by atoms with E-state index in [0.29, 0.717) is 4.47 Å². The second-order valence-corrected chi connectivity index (χ2v) is 6.56. The van der Waals surface area contributed by atoms with E-state index in [1.807, 2.05) is 30.5 Å². The van der Waals surface area contributed by atoms with E-state index < -0.39 is 0 Å². The van der Waals surface area contributed by atoms with Gasteiger partial charge in [-0.25, -0.2) is 4.98 Å². The summed E-state index contributed by atoms with van der Waals surface area (Å²) in [5.41, 5.74) is 3.54. The molecule has 0 amide bonds. The molecule has 0 saturated heterocycles. The highest BCUT2D eigenvalue weighted by Crippen LogP contribution is 2.36. The van der Waals surface area contributed by atoms with Gasteiger partial charge in [0.2, 0.25) is 0 Å². The molecule has 0 aliphatic rings. The third-order valence-electron chi connectivity index (χ3n) is 2.83. The molecule has 0 unspecified atom stereocenters. The van der Waals surface area contributed by atoms with Gasteiger partial charge in [-0.2, -0.15) is 0 Å². The monoisotopic (exact) mass is 349 g/mol. The molecule has 0 bridgehead atoms. The Kier molecular flexibility index (Phi) is 3.69. The third-order valence-corrected chi connectivity index (χ3v) is 4.50. The van der Waals surface area contributed by atoms with Crippen LogP contribution in [0.25, 0.3) is 21.6 Å². The normalized spacial score (nSPS) is 10.6. The van der Waals surface area contributed by atoms with Crippen LogP contribution in [0, 0.1) is 0 Å². The molecule has 0 aliphatic heterocycles. The minimum absolute atomic E-state index is 0.570. The van der Waals surface area contributed by atoms with E-state index >= 15 is 0 Å². The van der Waals surface area contributed by atoms with Crippen LogP contribution >= 0.6 is 38.9 Å². The maximum Gasteiger partial charge on any atom is 0.184 e. The van der Waals surface area contributed by atoms with Crippen molar-refractivity contribution in [1.82, 2.24) is 4.98 Å². The van der Waals surface area contributed by atoms with E-state index in [4.69, 9.17) is 11.6 Å². The average Bonchev–Trinajstić information content (AvgIpc) is 2.86. The van der Waals surface area contributed by atoms with Crippen molar-refractivity contribution in [3.63, 3.8) is 0 Å². The topological polar surface area (TPSA) is 12.9 Å². The lowest BCUT2D eigenvalue weighted by molar-refractivity contribution is 1.42. The number of nitrogens with zero attached hydrogens (tertiary/aromatic N) is 1. The zero-order valence-electron chi connectivity index (χ0n) is 9.81. The predicted octanol–water partition coefficient (Wildman–Crippen LogP) is 5.89. The number of hydrogen-bond acceptors (Lipinski definition) is 2. The van der Waals surface area contributed by atoms with Crippen LogP contribution < -0.4 is 0 Å². The molecule has 2 aromatic carbocycles. The molecule has 1 aromatic heterocycles. The Morgan fingerprint density at radius 2 is 1.63 bits per heavy atom. The molecule has 94 valence electrons. The minimum Gasteiger partial charge on any atom is -0.233 e. The fourth-order valence-corrected chi connectivity index (χ4v) is 3.20. The van der Waals surface area contributed by atoms with Crippen LogP contribution in [0.4, 0.5) is 0 Å². The average molecular weight is 351 g/mol. The fraction of sp³-hybridized carbons (Fsp3) is 0. The molecule has 0 atom stereocenters. The number of thiazole rings is 1. The van der Waals surface area contributed by atoms with E-state index in [9.17, 15) is 0 Å². The van der Waals surface area contributed by atoms with Gasteiger partial charge in [-0.15, -0.1) is 11.3 Å². The molecule has 19 heavy (non-hydrogen) atoms. The van der Waals surface area contributed by atoms with Gasteiger partial charge in [-0.3, -0.25) is 0 Å². The van der Waals surface area contributed by atoms with Gasteiger partial charge in [0.25, 0.3) is 0 Å². The molecule has 0 radical (unpaired) electrons. The molecule has 1 nitrogen and oxygen atoms in total. The summed E-state index contributed by atoms with van der Waals surface area (Å²) in [5.74, 6) is 0. The summed E-state index contributed by atoms with van der Waals surface area (Å²) in [7, 11) is 0. The van der Waals surface area contributed by atoms with Crippen molar-refractivity contribution in [2.24, 2.45) is 0 Å². The minimum atomic E-state index is 0.570. The third kappa shape index (κ3) is 2.73. The first-order valence-corrected chi connectivity index (χ1v) is 7.69. The molecule has 0 saturated carbocycles. The lowest BCUT2D eigenvalue weighted by Crippen LogP contribution is -1.82. The van der Waals surface area contributed by atoms with E-state index in [-0.39, 0.29) is 0 Å². The molecule has 3 aromatic rings. The second kappa shape index (κ2) is 5.45. The fourth-order valence-electron chi connectivity index (χ4n) is 1.96. The van der Waals surface area contributed by atoms with Gasteiger partial charge in [0.15, 0.2) is 4.47 Å². The molecule has 0 N–H and O–H groups in total. The summed E-state index contributed by atoms with van der Waals surface area (Å²) in [6.45, 7) is 0. The number of hydrogen-bond donors (Lipinski definition) is 0. The lowest BCUT2D eigenvalue weighted by atomic mass is 9.99. The van der Waals surface area contributed by atoms with E-state index in [2.05, 4.69) is 45.2 Å². The van der Waals surface area contributed by atoms with Crippen LogP contribution in [-0.2, 0) is 0 Å². The summed E-state index contributed by atoms with van der Waals surface area (Å²) < 4.78 is 1.65. The zero-order chi connectivity index (χ0) is 13.2. The van der Waals surface area contributed by atoms with Crippen LogP contribution in [0.15, 0.2) is 59.2 Å². The highest BCUT2D eigenvalue weighted by atomic mass is 79.9. The predicted molar refractivity (Wildman–Crippen MR) is 85.7 cm³/mol. The molecule has 0 fully saturated rings. The van der Waals surface area contributed by atoms with Gasteiger partial charge in [-0.05, 0) is 23.3 Å². The van der Waals surface area contributed by atoms with Crippen LogP contribution in [0.5, 0.6) is 0 Å². The van der Waals surface area contributed by atoms with Gasteiger partial charge in [0.1, 0.15) is 0 Å². The summed E-state index contributed by atoms with van der Waals surface area (Å²) in [6, 6.07) is 16.6. The van der Waals surface area contributed by atoms with Crippen molar-refractivity contribution in [3.05, 3.63) is 63.7 Å². The number of benzene rings is 2. The Hall–Kier alpha value is -1.16. The summed E-state index contributed by atoms with van der Waals surface area (Å²) in [5, 5.41) is 0. The van der Waals surface area contributed by atoms with Crippen molar-refractivity contribution in [1.29, 1.82) is 0 Å². The van der Waals surface area contributed by atoms with Crippen molar-refractivity contribution in [2.45, 2.75) is 0 Å². The SMILES string of the molecule is Clc1ncc(-c2ccccc2-c2ccc(Br)cc2)s1. The van der Waals surface area contributed by atoms with Gasteiger partial charge in [-0.1, -0.05) is 63.9 Å². The van der Waals surface area contributed by atoms with Crippen molar-refractivity contribution in [3.8, 4) is 21.6 Å². The van der Waals surface area contributed by atoms with Crippen LogP contribution in [0.2, 0.25) is 4.47 Å². The molecule has 3 rings (SSSR count). The first-order valence-electron chi connectivity index (χ1n) is 5.71. The molecule has 4 heteroatoms. The van der Waals surface area contributed by atoms with Gasteiger partial charge >= 0.3 is 0 Å². The van der Waals surface area contributed by atoms with Crippen LogP contribution in [-0.4, -0.2) is 4.98 Å².